The number of hydrogen-bond acceptors (Lipinski definition) is 1. The minimum absolute atomic E-state index is 0.280. The van der Waals surface area contributed by atoms with Crippen molar-refractivity contribution in [1.29, 1.82) is 0 Å². The van der Waals surface area contributed by atoms with Crippen molar-refractivity contribution in [2.24, 2.45) is 0 Å². The summed E-state index contributed by atoms with van der Waals surface area (Å²) < 4.78 is 26.2. The molecule has 0 N–H and O–H groups in total. The van der Waals surface area contributed by atoms with Crippen molar-refractivity contribution in [1.82, 2.24) is 4.98 Å². The van der Waals surface area contributed by atoms with Gasteiger partial charge >= 0.3 is 0 Å². The van der Waals surface area contributed by atoms with E-state index in [0.29, 0.717) is 0 Å². The first kappa shape index (κ1) is 14.7. The molecule has 22 heavy (non-hydrogen) atoms. The number of halogens is 3. The van der Waals surface area contributed by atoms with Crippen molar-refractivity contribution in [2.45, 2.75) is 5.88 Å². The van der Waals surface area contributed by atoms with Crippen LogP contribution in [-0.2, 0) is 5.88 Å². The molecule has 1 nitrogen and oxygen atoms in total. The Labute approximate surface area is 132 Å². The van der Waals surface area contributed by atoms with Gasteiger partial charge in [-0.3, -0.25) is 4.98 Å². The fourth-order valence-corrected chi connectivity index (χ4v) is 2.68. The predicted molar refractivity (Wildman–Crippen MR) is 84.6 cm³/mol. The van der Waals surface area contributed by atoms with Gasteiger partial charge in [0.1, 0.15) is 11.6 Å². The molecule has 0 unspecified atom stereocenters. The van der Waals surface area contributed by atoms with Crippen LogP contribution in [0.4, 0.5) is 8.78 Å². The highest BCUT2D eigenvalue weighted by molar-refractivity contribution is 6.18. The molecule has 0 aliphatic rings. The molecule has 2 aromatic carbocycles. The predicted octanol–water partition coefficient (Wildman–Crippen LogP) is 5.43. The average Bonchev–Trinajstić information content (AvgIpc) is 2.55. The Kier molecular flexibility index (Phi) is 4.16. The van der Waals surface area contributed by atoms with E-state index in [4.69, 9.17) is 11.6 Å². The number of hydrogen-bond donors (Lipinski definition) is 0. The maximum absolute atomic E-state index is 13.1. The van der Waals surface area contributed by atoms with Gasteiger partial charge in [-0.05, 0) is 41.0 Å². The normalized spacial score (nSPS) is 10.7. The second kappa shape index (κ2) is 6.24. The van der Waals surface area contributed by atoms with E-state index in [1.54, 1.807) is 36.7 Å². The minimum Gasteiger partial charge on any atom is -0.263 e. The highest BCUT2D eigenvalue weighted by atomic mass is 35.5. The van der Waals surface area contributed by atoms with E-state index in [1.165, 1.54) is 24.3 Å². The molecule has 0 atom stereocenters. The second-order valence-corrected chi connectivity index (χ2v) is 5.13. The second-order valence-electron chi connectivity index (χ2n) is 4.86. The van der Waals surface area contributed by atoms with E-state index < -0.39 is 0 Å². The number of nitrogens with zero attached hydrogens (tertiary/aromatic N) is 1. The lowest BCUT2D eigenvalue weighted by molar-refractivity contribution is 0.627. The largest absolute Gasteiger partial charge is 0.263 e. The van der Waals surface area contributed by atoms with Crippen LogP contribution in [0.2, 0.25) is 0 Å². The Morgan fingerprint density at radius 2 is 1.14 bits per heavy atom. The van der Waals surface area contributed by atoms with Gasteiger partial charge in [-0.25, -0.2) is 8.78 Å². The van der Waals surface area contributed by atoms with Crippen LogP contribution >= 0.6 is 11.6 Å². The Balaban J connectivity index is 2.15. The Morgan fingerprint density at radius 3 is 1.50 bits per heavy atom. The molecule has 0 saturated carbocycles. The Hall–Kier alpha value is -2.26. The summed E-state index contributed by atoms with van der Waals surface area (Å²) in [4.78, 5) is 4.24. The fourth-order valence-electron chi connectivity index (χ4n) is 2.39. The molecule has 3 rings (SSSR count). The van der Waals surface area contributed by atoms with E-state index in [2.05, 4.69) is 4.98 Å². The number of aromatic nitrogens is 1. The van der Waals surface area contributed by atoms with Crippen molar-refractivity contribution in [3.05, 3.63) is 78.1 Å². The molecular weight excluding hydrogens is 304 g/mol. The van der Waals surface area contributed by atoms with E-state index in [0.717, 1.165) is 27.8 Å². The van der Waals surface area contributed by atoms with Crippen LogP contribution in [0.5, 0.6) is 0 Å². The van der Waals surface area contributed by atoms with Crippen LogP contribution in [0.1, 0.15) is 5.56 Å². The molecule has 0 saturated heterocycles. The van der Waals surface area contributed by atoms with Crippen molar-refractivity contribution in [3.8, 4) is 22.3 Å². The molecule has 0 aliphatic heterocycles. The van der Waals surface area contributed by atoms with Crippen LogP contribution in [-0.4, -0.2) is 4.98 Å². The summed E-state index contributed by atoms with van der Waals surface area (Å²) in [5.74, 6) is -0.306. The minimum atomic E-state index is -0.293. The maximum atomic E-state index is 13.1. The van der Waals surface area contributed by atoms with Crippen molar-refractivity contribution >= 4 is 11.6 Å². The highest BCUT2D eigenvalue weighted by Gasteiger charge is 2.12. The van der Waals surface area contributed by atoms with Gasteiger partial charge in [0.05, 0.1) is 0 Å². The third-order valence-corrected chi connectivity index (χ3v) is 3.77. The molecule has 1 heterocycles. The van der Waals surface area contributed by atoms with Crippen molar-refractivity contribution in [2.75, 3.05) is 0 Å². The first-order chi connectivity index (χ1) is 10.7. The van der Waals surface area contributed by atoms with Crippen molar-refractivity contribution < 1.29 is 8.78 Å². The van der Waals surface area contributed by atoms with Gasteiger partial charge in [0, 0.05) is 29.4 Å². The zero-order valence-electron chi connectivity index (χ0n) is 11.6. The summed E-state index contributed by atoms with van der Waals surface area (Å²) in [5.41, 5.74) is 4.26. The zero-order valence-corrected chi connectivity index (χ0v) is 12.3. The maximum Gasteiger partial charge on any atom is 0.123 e. The Morgan fingerprint density at radius 1 is 0.727 bits per heavy atom. The smallest absolute Gasteiger partial charge is 0.123 e. The summed E-state index contributed by atoms with van der Waals surface area (Å²) >= 11 is 6.12. The van der Waals surface area contributed by atoms with Gasteiger partial charge in [0.25, 0.3) is 0 Å². The van der Waals surface area contributed by atoms with Crippen LogP contribution < -0.4 is 0 Å². The third kappa shape index (κ3) is 2.85. The van der Waals surface area contributed by atoms with Crippen LogP contribution in [0.3, 0.4) is 0 Å². The van der Waals surface area contributed by atoms with Crippen LogP contribution in [0, 0.1) is 11.6 Å². The van der Waals surface area contributed by atoms with Gasteiger partial charge in [-0.2, -0.15) is 0 Å². The topological polar surface area (TPSA) is 12.9 Å². The van der Waals surface area contributed by atoms with Gasteiger partial charge in [0.2, 0.25) is 0 Å². The average molecular weight is 316 g/mol. The molecule has 0 aliphatic carbocycles. The molecule has 0 bridgehead atoms. The number of pyridine rings is 1. The Bertz CT molecular complexity index is 719. The zero-order chi connectivity index (χ0) is 15.5. The lowest BCUT2D eigenvalue weighted by Gasteiger charge is -2.13. The molecule has 0 spiro atoms. The molecule has 0 radical (unpaired) electrons. The first-order valence-corrected chi connectivity index (χ1v) is 7.27. The third-order valence-electron chi connectivity index (χ3n) is 3.50. The van der Waals surface area contributed by atoms with Gasteiger partial charge < -0.3 is 0 Å². The summed E-state index contributed by atoms with van der Waals surface area (Å²) in [6.07, 6.45) is 3.41. The number of benzene rings is 2. The lowest BCUT2D eigenvalue weighted by atomic mass is 9.95. The van der Waals surface area contributed by atoms with Gasteiger partial charge in [0.15, 0.2) is 0 Å². The molecule has 3 aromatic rings. The fraction of sp³-hybridized carbons (Fsp3) is 0.0556. The van der Waals surface area contributed by atoms with E-state index >= 15 is 0 Å². The van der Waals surface area contributed by atoms with Gasteiger partial charge in [-0.15, -0.1) is 11.6 Å². The molecule has 0 amide bonds. The summed E-state index contributed by atoms with van der Waals surface area (Å²) in [6.45, 7) is 0. The standard InChI is InChI=1S/C18H12ClF2N/c19-9-16-17(12-1-5-14(20)6-2-12)10-22-11-18(16)13-3-7-15(21)8-4-13/h1-8,10-11H,9H2. The summed E-state index contributed by atoms with van der Waals surface area (Å²) in [5, 5.41) is 0. The molecule has 110 valence electrons. The molecule has 1 aromatic heterocycles. The number of rotatable bonds is 3. The monoisotopic (exact) mass is 315 g/mol. The van der Waals surface area contributed by atoms with E-state index in [-0.39, 0.29) is 17.5 Å². The van der Waals surface area contributed by atoms with Crippen LogP contribution in [0.25, 0.3) is 22.3 Å². The molecule has 0 fully saturated rings. The first-order valence-electron chi connectivity index (χ1n) is 6.74. The molecular formula is C18H12ClF2N. The highest BCUT2D eigenvalue weighted by Crippen LogP contribution is 2.32. The number of alkyl halides is 1. The van der Waals surface area contributed by atoms with Crippen molar-refractivity contribution in [3.63, 3.8) is 0 Å². The van der Waals surface area contributed by atoms with Crippen LogP contribution in [0.15, 0.2) is 60.9 Å². The summed E-state index contributed by atoms with van der Waals surface area (Å²) in [7, 11) is 0. The SMILES string of the molecule is Fc1ccc(-c2cncc(-c3ccc(F)cc3)c2CCl)cc1. The summed E-state index contributed by atoms with van der Waals surface area (Å²) in [6, 6.07) is 12.4. The molecule has 4 heteroatoms. The van der Waals surface area contributed by atoms with E-state index in [9.17, 15) is 8.78 Å². The van der Waals surface area contributed by atoms with Gasteiger partial charge in [-0.1, -0.05) is 24.3 Å². The quantitative estimate of drug-likeness (QED) is 0.587. The van der Waals surface area contributed by atoms with E-state index in [1.807, 2.05) is 0 Å². The lowest BCUT2D eigenvalue weighted by Crippen LogP contribution is -1.94.